The fraction of sp³-hybridized carbons (Fsp3) is 0.235. The Balaban J connectivity index is 2.07. The molecule has 1 atom stereocenters. The largest absolute Gasteiger partial charge is 0.484 e. The highest BCUT2D eigenvalue weighted by atomic mass is 16.5. The smallest absolute Gasteiger partial charge is 0.255 e. The Morgan fingerprint density at radius 3 is 2.71 bits per heavy atom. The number of rotatable bonds is 6. The van der Waals surface area contributed by atoms with Crippen molar-refractivity contribution in [2.24, 2.45) is 5.73 Å². The molecule has 0 aliphatic rings. The predicted molar refractivity (Wildman–Crippen MR) is 84.3 cm³/mol. The van der Waals surface area contributed by atoms with Crippen molar-refractivity contribution < 1.29 is 9.53 Å². The molecule has 4 nitrogen and oxygen atoms in total. The highest BCUT2D eigenvalue weighted by Gasteiger charge is 2.08. The van der Waals surface area contributed by atoms with Crippen LogP contribution in [0.25, 0.3) is 0 Å². The molecule has 2 rings (SSSR count). The van der Waals surface area contributed by atoms with Gasteiger partial charge < -0.3 is 15.8 Å². The van der Waals surface area contributed by atoms with Gasteiger partial charge in [-0.25, -0.2) is 0 Å². The van der Waals surface area contributed by atoms with Crippen molar-refractivity contribution in [3.63, 3.8) is 0 Å². The highest BCUT2D eigenvalue weighted by molar-refractivity contribution is 5.75. The van der Waals surface area contributed by atoms with Crippen LogP contribution in [0, 0.1) is 6.92 Å². The number of ether oxygens (including phenoxy) is 1. The van der Waals surface area contributed by atoms with Gasteiger partial charge in [-0.2, -0.15) is 0 Å². The van der Waals surface area contributed by atoms with Gasteiger partial charge in [-0.1, -0.05) is 30.3 Å². The highest BCUT2D eigenvalue weighted by Crippen LogP contribution is 2.24. The molecule has 1 unspecified atom stereocenters. The summed E-state index contributed by atoms with van der Waals surface area (Å²) in [5.41, 5.74) is 8.51. The van der Waals surface area contributed by atoms with Crippen LogP contribution in [-0.4, -0.2) is 12.5 Å². The van der Waals surface area contributed by atoms with E-state index in [1.165, 1.54) is 11.1 Å². The lowest BCUT2D eigenvalue weighted by molar-refractivity contribution is -0.119. The Labute approximate surface area is 124 Å². The van der Waals surface area contributed by atoms with Crippen LogP contribution < -0.4 is 15.8 Å². The fourth-order valence-electron chi connectivity index (χ4n) is 2.23. The van der Waals surface area contributed by atoms with Crippen LogP contribution >= 0.6 is 0 Å². The topological polar surface area (TPSA) is 64.3 Å². The number of hydrogen-bond donors (Lipinski definition) is 2. The summed E-state index contributed by atoms with van der Waals surface area (Å²) in [6.45, 7) is 4.09. The molecule has 2 aromatic carbocycles. The Bertz CT molecular complexity index is 626. The van der Waals surface area contributed by atoms with E-state index in [4.69, 9.17) is 10.5 Å². The lowest BCUT2D eigenvalue weighted by Crippen LogP contribution is -2.20. The summed E-state index contributed by atoms with van der Waals surface area (Å²) in [6, 6.07) is 16.0. The van der Waals surface area contributed by atoms with Crippen LogP contribution in [0.2, 0.25) is 0 Å². The number of carbonyl (C=O) groups excluding carboxylic acids is 1. The van der Waals surface area contributed by atoms with Crippen LogP contribution in [0.1, 0.15) is 24.1 Å². The summed E-state index contributed by atoms with van der Waals surface area (Å²) in [6.07, 6.45) is 0. The maximum Gasteiger partial charge on any atom is 0.255 e. The number of primary amides is 1. The van der Waals surface area contributed by atoms with Gasteiger partial charge in [0.25, 0.3) is 5.91 Å². The summed E-state index contributed by atoms with van der Waals surface area (Å²) < 4.78 is 5.30. The molecule has 110 valence electrons. The zero-order chi connectivity index (χ0) is 15.2. The van der Waals surface area contributed by atoms with E-state index in [-0.39, 0.29) is 12.6 Å². The number of carbonyl (C=O) groups is 1. The molecule has 4 heteroatoms. The normalized spacial score (nSPS) is 11.7. The van der Waals surface area contributed by atoms with Crippen molar-refractivity contribution in [3.05, 3.63) is 59.7 Å². The Morgan fingerprint density at radius 1 is 1.24 bits per heavy atom. The SMILES string of the molecule is Cc1ccccc1C(C)Nc1cccc(OCC(N)=O)c1. The molecule has 0 aliphatic heterocycles. The molecule has 0 saturated carbocycles. The van der Waals surface area contributed by atoms with Gasteiger partial charge in [0.15, 0.2) is 6.61 Å². The minimum absolute atomic E-state index is 0.114. The quantitative estimate of drug-likeness (QED) is 0.857. The molecule has 0 aliphatic carbocycles. The average Bonchev–Trinajstić information content (AvgIpc) is 2.46. The summed E-state index contributed by atoms with van der Waals surface area (Å²) >= 11 is 0. The molecule has 1 amide bonds. The van der Waals surface area contributed by atoms with Crippen molar-refractivity contribution in [1.82, 2.24) is 0 Å². The molecular weight excluding hydrogens is 264 g/mol. The molecule has 0 fully saturated rings. The lowest BCUT2D eigenvalue weighted by Gasteiger charge is -2.18. The van der Waals surface area contributed by atoms with Gasteiger partial charge in [0.05, 0.1) is 0 Å². The van der Waals surface area contributed by atoms with Crippen LogP contribution in [0.3, 0.4) is 0 Å². The minimum Gasteiger partial charge on any atom is -0.484 e. The zero-order valence-electron chi connectivity index (χ0n) is 12.3. The van der Waals surface area contributed by atoms with Gasteiger partial charge in [0, 0.05) is 17.8 Å². The van der Waals surface area contributed by atoms with Crippen molar-refractivity contribution in [3.8, 4) is 5.75 Å². The molecule has 0 radical (unpaired) electrons. The molecule has 0 heterocycles. The van der Waals surface area contributed by atoms with Crippen molar-refractivity contribution in [1.29, 1.82) is 0 Å². The lowest BCUT2D eigenvalue weighted by atomic mass is 10.0. The van der Waals surface area contributed by atoms with Crippen molar-refractivity contribution in [2.75, 3.05) is 11.9 Å². The van der Waals surface area contributed by atoms with Gasteiger partial charge in [-0.3, -0.25) is 4.79 Å². The number of hydrogen-bond acceptors (Lipinski definition) is 3. The molecule has 21 heavy (non-hydrogen) atoms. The molecule has 0 saturated heterocycles. The number of nitrogens with two attached hydrogens (primary N) is 1. The second kappa shape index (κ2) is 6.79. The van der Waals surface area contributed by atoms with E-state index in [1.807, 2.05) is 30.3 Å². The van der Waals surface area contributed by atoms with E-state index < -0.39 is 5.91 Å². The minimum atomic E-state index is -0.485. The van der Waals surface area contributed by atoms with Crippen molar-refractivity contribution in [2.45, 2.75) is 19.9 Å². The van der Waals surface area contributed by atoms with E-state index >= 15 is 0 Å². The fourth-order valence-corrected chi connectivity index (χ4v) is 2.23. The summed E-state index contributed by atoms with van der Waals surface area (Å²) in [5.74, 6) is 0.137. The van der Waals surface area contributed by atoms with Crippen molar-refractivity contribution >= 4 is 11.6 Å². The van der Waals surface area contributed by atoms with E-state index in [1.54, 1.807) is 6.07 Å². The Kier molecular flexibility index (Phi) is 4.82. The van der Waals surface area contributed by atoms with Gasteiger partial charge in [-0.15, -0.1) is 0 Å². The van der Waals surface area contributed by atoms with Crippen LogP contribution in [0.15, 0.2) is 48.5 Å². The molecule has 2 aromatic rings. The van der Waals surface area contributed by atoms with Gasteiger partial charge in [0.1, 0.15) is 5.75 Å². The maximum atomic E-state index is 10.7. The van der Waals surface area contributed by atoms with Crippen LogP contribution in [0.5, 0.6) is 5.75 Å². The molecular formula is C17H20N2O2. The third kappa shape index (κ3) is 4.24. The third-order valence-corrected chi connectivity index (χ3v) is 3.25. The summed E-state index contributed by atoms with van der Waals surface area (Å²) in [4.78, 5) is 10.7. The number of amides is 1. The Hall–Kier alpha value is -2.49. The van der Waals surface area contributed by atoms with Crippen LogP contribution in [-0.2, 0) is 4.79 Å². The first-order chi connectivity index (χ1) is 10.1. The number of nitrogens with one attached hydrogen (secondary N) is 1. The van der Waals surface area contributed by atoms with E-state index in [0.29, 0.717) is 5.75 Å². The zero-order valence-corrected chi connectivity index (χ0v) is 12.3. The first kappa shape index (κ1) is 14.9. The number of anilines is 1. The number of benzene rings is 2. The summed E-state index contributed by atoms with van der Waals surface area (Å²) in [7, 11) is 0. The van der Waals surface area contributed by atoms with Crippen LogP contribution in [0.4, 0.5) is 5.69 Å². The van der Waals surface area contributed by atoms with E-state index in [2.05, 4.69) is 31.3 Å². The standard InChI is InChI=1S/C17H20N2O2/c1-12-6-3-4-9-16(12)13(2)19-14-7-5-8-15(10-14)21-11-17(18)20/h3-10,13,19H,11H2,1-2H3,(H2,18,20). The van der Waals surface area contributed by atoms with E-state index in [0.717, 1.165) is 5.69 Å². The van der Waals surface area contributed by atoms with Gasteiger partial charge in [-0.05, 0) is 37.1 Å². The number of aryl methyl sites for hydroxylation is 1. The molecule has 3 N–H and O–H groups in total. The summed E-state index contributed by atoms with van der Waals surface area (Å²) in [5, 5.41) is 3.43. The third-order valence-electron chi connectivity index (χ3n) is 3.25. The molecule has 0 bridgehead atoms. The van der Waals surface area contributed by atoms with Gasteiger partial charge >= 0.3 is 0 Å². The first-order valence-electron chi connectivity index (χ1n) is 6.89. The first-order valence-corrected chi connectivity index (χ1v) is 6.89. The monoisotopic (exact) mass is 284 g/mol. The second-order valence-corrected chi connectivity index (χ2v) is 5.01. The Morgan fingerprint density at radius 2 is 2.00 bits per heavy atom. The van der Waals surface area contributed by atoms with E-state index in [9.17, 15) is 4.79 Å². The van der Waals surface area contributed by atoms with Gasteiger partial charge in [0.2, 0.25) is 0 Å². The predicted octanol–water partition coefficient (Wildman–Crippen LogP) is 3.03. The molecule has 0 spiro atoms. The second-order valence-electron chi connectivity index (χ2n) is 5.01. The molecule has 0 aromatic heterocycles. The average molecular weight is 284 g/mol. The maximum absolute atomic E-state index is 10.7.